The van der Waals surface area contributed by atoms with E-state index in [1.54, 1.807) is 11.3 Å². The molecule has 1 atom stereocenters. The lowest BCUT2D eigenvalue weighted by atomic mass is 10.2. The summed E-state index contributed by atoms with van der Waals surface area (Å²) < 4.78 is 0.858. The maximum absolute atomic E-state index is 8.87. The number of halogens is 1. The van der Waals surface area contributed by atoms with Crippen LogP contribution in [0.4, 0.5) is 0 Å². The molecule has 0 N–H and O–H groups in total. The van der Waals surface area contributed by atoms with Gasteiger partial charge in [0.1, 0.15) is 0 Å². The topological polar surface area (TPSA) is 30.3 Å². The summed E-state index contributed by atoms with van der Waals surface area (Å²) in [6.45, 7) is 6.96. The molecule has 1 aromatic heterocycles. The summed E-state index contributed by atoms with van der Waals surface area (Å²) in [4.78, 5) is 5.97. The molecule has 1 fully saturated rings. The van der Waals surface area contributed by atoms with Crippen molar-refractivity contribution in [2.24, 2.45) is 0 Å². The van der Waals surface area contributed by atoms with Crippen LogP contribution in [0, 0.1) is 11.3 Å². The molecule has 0 spiro atoms. The molecule has 0 amide bonds. The fourth-order valence-electron chi connectivity index (χ4n) is 2.05. The number of hydrogen-bond donors (Lipinski definition) is 0. The van der Waals surface area contributed by atoms with Crippen molar-refractivity contribution in [3.8, 4) is 6.07 Å². The summed E-state index contributed by atoms with van der Waals surface area (Å²) in [5.74, 6) is 0. The van der Waals surface area contributed by atoms with Crippen molar-refractivity contribution in [3.63, 3.8) is 0 Å². The molecule has 1 saturated heterocycles. The average molecular weight is 270 g/mol. The number of nitrogens with zero attached hydrogens (tertiary/aromatic N) is 3. The lowest BCUT2D eigenvalue weighted by molar-refractivity contribution is 0.115. The Bertz CT molecular complexity index is 404. The zero-order valence-electron chi connectivity index (χ0n) is 9.90. The van der Waals surface area contributed by atoms with Gasteiger partial charge in [0, 0.05) is 37.6 Å². The predicted octanol–water partition coefficient (Wildman–Crippen LogP) is 2.43. The van der Waals surface area contributed by atoms with Gasteiger partial charge in [0.15, 0.2) is 0 Å². The van der Waals surface area contributed by atoms with Gasteiger partial charge in [-0.15, -0.1) is 11.3 Å². The van der Waals surface area contributed by atoms with E-state index < -0.39 is 0 Å². The molecule has 1 unspecified atom stereocenters. The Kier molecular flexibility index (Phi) is 4.41. The van der Waals surface area contributed by atoms with Gasteiger partial charge >= 0.3 is 0 Å². The van der Waals surface area contributed by atoms with E-state index in [-0.39, 0.29) is 6.04 Å². The second-order valence-electron chi connectivity index (χ2n) is 4.32. The maximum Gasteiger partial charge on any atom is 0.0950 e. The Balaban J connectivity index is 1.82. The number of rotatable bonds is 3. The molecule has 1 aromatic rings. The van der Waals surface area contributed by atoms with Crippen molar-refractivity contribution in [3.05, 3.63) is 21.3 Å². The molecule has 0 radical (unpaired) electrons. The SMILES string of the molecule is CC(C#N)N1CCN(Cc2ccc(Cl)s2)CC1. The molecule has 3 nitrogen and oxygen atoms in total. The zero-order valence-corrected chi connectivity index (χ0v) is 11.5. The highest BCUT2D eigenvalue weighted by Crippen LogP contribution is 2.23. The summed E-state index contributed by atoms with van der Waals surface area (Å²) in [5.41, 5.74) is 0. The van der Waals surface area contributed by atoms with Crippen LogP contribution in [0.25, 0.3) is 0 Å². The number of nitriles is 1. The molecule has 0 aliphatic carbocycles. The Hall–Kier alpha value is -0.600. The smallest absolute Gasteiger partial charge is 0.0950 e. The van der Waals surface area contributed by atoms with E-state index in [9.17, 15) is 0 Å². The average Bonchev–Trinajstić information content (AvgIpc) is 2.75. The first kappa shape index (κ1) is 12.8. The van der Waals surface area contributed by atoms with E-state index in [4.69, 9.17) is 16.9 Å². The van der Waals surface area contributed by atoms with E-state index in [2.05, 4.69) is 21.9 Å². The van der Waals surface area contributed by atoms with Crippen molar-refractivity contribution in [2.45, 2.75) is 19.5 Å². The van der Waals surface area contributed by atoms with Gasteiger partial charge in [-0.05, 0) is 19.1 Å². The zero-order chi connectivity index (χ0) is 12.3. The van der Waals surface area contributed by atoms with Crippen molar-refractivity contribution >= 4 is 22.9 Å². The molecule has 0 saturated carbocycles. The summed E-state index contributed by atoms with van der Waals surface area (Å²) in [6, 6.07) is 6.38. The maximum atomic E-state index is 8.87. The van der Waals surface area contributed by atoms with Gasteiger partial charge in [0.25, 0.3) is 0 Å². The second kappa shape index (κ2) is 5.83. The quantitative estimate of drug-likeness (QED) is 0.844. The summed E-state index contributed by atoms with van der Waals surface area (Å²) in [6.07, 6.45) is 0. The molecule has 2 rings (SSSR count). The number of hydrogen-bond acceptors (Lipinski definition) is 4. The van der Waals surface area contributed by atoms with E-state index in [0.717, 1.165) is 37.1 Å². The molecule has 0 bridgehead atoms. The highest BCUT2D eigenvalue weighted by Gasteiger charge is 2.20. The van der Waals surface area contributed by atoms with Crippen LogP contribution in [-0.4, -0.2) is 42.0 Å². The minimum Gasteiger partial charge on any atom is -0.296 e. The van der Waals surface area contributed by atoms with Gasteiger partial charge in [-0.1, -0.05) is 11.6 Å². The Morgan fingerprint density at radius 3 is 2.65 bits per heavy atom. The largest absolute Gasteiger partial charge is 0.296 e. The molecule has 0 aromatic carbocycles. The fourth-order valence-corrected chi connectivity index (χ4v) is 3.18. The third-order valence-electron chi connectivity index (χ3n) is 3.15. The van der Waals surface area contributed by atoms with E-state index in [1.807, 2.05) is 13.0 Å². The minimum absolute atomic E-state index is 0.0355. The van der Waals surface area contributed by atoms with Crippen LogP contribution in [0.15, 0.2) is 12.1 Å². The lowest BCUT2D eigenvalue weighted by Gasteiger charge is -2.35. The van der Waals surface area contributed by atoms with Gasteiger partial charge in [-0.3, -0.25) is 9.80 Å². The lowest BCUT2D eigenvalue weighted by Crippen LogP contribution is -2.48. The van der Waals surface area contributed by atoms with Gasteiger partial charge in [-0.25, -0.2) is 0 Å². The predicted molar refractivity (Wildman–Crippen MR) is 71.3 cm³/mol. The fraction of sp³-hybridized carbons (Fsp3) is 0.583. The van der Waals surface area contributed by atoms with Gasteiger partial charge in [-0.2, -0.15) is 5.26 Å². The van der Waals surface area contributed by atoms with Gasteiger partial charge < -0.3 is 0 Å². The first-order valence-corrected chi connectivity index (χ1v) is 6.98. The molecule has 1 aliphatic rings. The molecular formula is C12H16ClN3S. The summed E-state index contributed by atoms with van der Waals surface area (Å²) in [7, 11) is 0. The highest BCUT2D eigenvalue weighted by atomic mass is 35.5. The van der Waals surface area contributed by atoms with Crippen LogP contribution in [0.3, 0.4) is 0 Å². The van der Waals surface area contributed by atoms with Gasteiger partial charge in [0.05, 0.1) is 16.4 Å². The van der Waals surface area contributed by atoms with Crippen LogP contribution in [0.1, 0.15) is 11.8 Å². The van der Waals surface area contributed by atoms with Crippen LogP contribution in [0.5, 0.6) is 0 Å². The van der Waals surface area contributed by atoms with Crippen molar-refractivity contribution in [2.75, 3.05) is 26.2 Å². The van der Waals surface area contributed by atoms with Crippen LogP contribution in [-0.2, 0) is 6.54 Å². The van der Waals surface area contributed by atoms with E-state index in [1.165, 1.54) is 4.88 Å². The summed E-state index contributed by atoms with van der Waals surface area (Å²) in [5, 5.41) is 8.87. The summed E-state index contributed by atoms with van der Waals surface area (Å²) >= 11 is 7.57. The first-order valence-electron chi connectivity index (χ1n) is 5.79. The molecule has 17 heavy (non-hydrogen) atoms. The Morgan fingerprint density at radius 1 is 1.41 bits per heavy atom. The number of thiophene rings is 1. The normalized spacial score (nSPS) is 20.1. The molecule has 92 valence electrons. The van der Waals surface area contributed by atoms with Gasteiger partial charge in [0.2, 0.25) is 0 Å². The van der Waals surface area contributed by atoms with Crippen molar-refractivity contribution < 1.29 is 0 Å². The van der Waals surface area contributed by atoms with Crippen LogP contribution >= 0.6 is 22.9 Å². The first-order chi connectivity index (χ1) is 8.19. The Morgan fingerprint density at radius 2 is 2.12 bits per heavy atom. The van der Waals surface area contributed by atoms with E-state index in [0.29, 0.717) is 0 Å². The molecular weight excluding hydrogens is 254 g/mol. The minimum atomic E-state index is 0.0355. The standard InChI is InChI=1S/C12H16ClN3S/c1-10(8-14)16-6-4-15(5-7-16)9-11-2-3-12(13)17-11/h2-3,10H,4-7,9H2,1H3. The second-order valence-corrected chi connectivity index (χ2v) is 6.12. The third kappa shape index (κ3) is 3.43. The number of piperazine rings is 1. The third-order valence-corrected chi connectivity index (χ3v) is 4.37. The van der Waals surface area contributed by atoms with Crippen LogP contribution in [0.2, 0.25) is 4.34 Å². The molecule has 5 heteroatoms. The van der Waals surface area contributed by atoms with Crippen LogP contribution < -0.4 is 0 Å². The Labute approximate surface area is 111 Å². The highest BCUT2D eigenvalue weighted by molar-refractivity contribution is 7.16. The van der Waals surface area contributed by atoms with Crippen molar-refractivity contribution in [1.29, 1.82) is 5.26 Å². The molecule has 2 heterocycles. The van der Waals surface area contributed by atoms with E-state index >= 15 is 0 Å². The van der Waals surface area contributed by atoms with Crippen molar-refractivity contribution in [1.82, 2.24) is 9.80 Å². The monoisotopic (exact) mass is 269 g/mol. The molecule has 1 aliphatic heterocycles.